The molecule has 0 radical (unpaired) electrons. The van der Waals surface area contributed by atoms with Gasteiger partial charge in [0.05, 0.1) is 37.6 Å². The number of carbonyl (C=O) groups is 2. The second-order valence-corrected chi connectivity index (χ2v) is 7.67. The van der Waals surface area contributed by atoms with E-state index in [2.05, 4.69) is 17.6 Å². The molecule has 0 bridgehead atoms. The van der Waals surface area contributed by atoms with Crippen LogP contribution in [0.15, 0.2) is 59.8 Å². The Kier molecular flexibility index (Phi) is 6.11. The largest absolute Gasteiger partial charge is 0.497 e. The summed E-state index contributed by atoms with van der Waals surface area (Å²) in [6, 6.07) is 14.6. The van der Waals surface area contributed by atoms with Crippen LogP contribution >= 0.6 is 0 Å². The van der Waals surface area contributed by atoms with E-state index in [1.54, 1.807) is 12.0 Å². The number of benzene rings is 2. The summed E-state index contributed by atoms with van der Waals surface area (Å²) >= 11 is 0. The lowest BCUT2D eigenvalue weighted by molar-refractivity contribution is -0.125. The molecule has 1 unspecified atom stereocenters. The molecule has 2 aliphatic heterocycles. The zero-order chi connectivity index (χ0) is 21.8. The molecule has 4 rings (SSSR count). The molecular weight excluding hydrogens is 394 g/mol. The molecule has 1 atom stereocenters. The fourth-order valence-corrected chi connectivity index (χ4v) is 3.89. The van der Waals surface area contributed by atoms with Gasteiger partial charge in [-0.15, -0.1) is 0 Å². The van der Waals surface area contributed by atoms with Crippen molar-refractivity contribution >= 4 is 11.9 Å². The number of hydrogen-bond acceptors (Lipinski definition) is 4. The van der Waals surface area contributed by atoms with Gasteiger partial charge in [0.2, 0.25) is 0 Å². The molecule has 31 heavy (non-hydrogen) atoms. The average molecular weight is 421 g/mol. The lowest BCUT2D eigenvalue weighted by Gasteiger charge is -2.25. The SMILES string of the molecule is CCCOc1ccc(C2NC(=O)NC3=C2C(=O)N(CCc2ccc(OC)cc2)C3)cc1. The fraction of sp³-hybridized carbons (Fsp3) is 0.333. The van der Waals surface area contributed by atoms with Crippen LogP contribution in [0.25, 0.3) is 0 Å². The molecule has 2 aromatic rings. The zero-order valence-corrected chi connectivity index (χ0v) is 17.8. The van der Waals surface area contributed by atoms with Gasteiger partial charge in [-0.2, -0.15) is 0 Å². The molecule has 2 aromatic carbocycles. The Morgan fingerprint density at radius 2 is 1.74 bits per heavy atom. The first kappa shape index (κ1) is 20.8. The van der Waals surface area contributed by atoms with Crippen LogP contribution in [0.5, 0.6) is 11.5 Å². The van der Waals surface area contributed by atoms with E-state index in [1.807, 2.05) is 48.5 Å². The first-order chi connectivity index (χ1) is 15.1. The number of methoxy groups -OCH3 is 1. The Bertz CT molecular complexity index is 983. The molecule has 2 aliphatic rings. The van der Waals surface area contributed by atoms with Crippen LogP contribution in [-0.2, 0) is 11.2 Å². The van der Waals surface area contributed by atoms with E-state index in [1.165, 1.54) is 0 Å². The van der Waals surface area contributed by atoms with Crippen LogP contribution in [-0.4, -0.2) is 43.6 Å². The fourth-order valence-electron chi connectivity index (χ4n) is 3.89. The van der Waals surface area contributed by atoms with Gasteiger partial charge in [0, 0.05) is 6.54 Å². The third-order valence-electron chi connectivity index (χ3n) is 5.54. The number of hydrogen-bond donors (Lipinski definition) is 2. The minimum absolute atomic E-state index is 0.0488. The predicted octanol–water partition coefficient (Wildman–Crippen LogP) is 3.18. The van der Waals surface area contributed by atoms with E-state index in [4.69, 9.17) is 9.47 Å². The second kappa shape index (κ2) is 9.12. The molecule has 3 amide bonds. The molecule has 0 spiro atoms. The average Bonchev–Trinajstić information content (AvgIpc) is 3.11. The lowest BCUT2D eigenvalue weighted by Crippen LogP contribution is -2.44. The molecule has 2 heterocycles. The van der Waals surface area contributed by atoms with Gasteiger partial charge in [0.1, 0.15) is 11.5 Å². The third kappa shape index (κ3) is 4.50. The Morgan fingerprint density at radius 3 is 2.42 bits per heavy atom. The molecule has 7 heteroatoms. The summed E-state index contributed by atoms with van der Waals surface area (Å²) in [5.74, 6) is 1.53. The van der Waals surface area contributed by atoms with E-state index in [0.29, 0.717) is 31.0 Å². The summed E-state index contributed by atoms with van der Waals surface area (Å²) in [5, 5.41) is 5.71. The van der Waals surface area contributed by atoms with Gasteiger partial charge >= 0.3 is 6.03 Å². The molecule has 0 saturated heterocycles. The molecule has 0 saturated carbocycles. The predicted molar refractivity (Wildman–Crippen MR) is 117 cm³/mol. The molecule has 0 fully saturated rings. The van der Waals surface area contributed by atoms with E-state index in [-0.39, 0.29) is 11.9 Å². The monoisotopic (exact) mass is 421 g/mol. The lowest BCUT2D eigenvalue weighted by atomic mass is 9.96. The van der Waals surface area contributed by atoms with Gasteiger partial charge in [-0.1, -0.05) is 31.2 Å². The molecule has 0 aromatic heterocycles. The molecule has 7 nitrogen and oxygen atoms in total. The van der Waals surface area contributed by atoms with Crippen molar-refractivity contribution in [2.45, 2.75) is 25.8 Å². The van der Waals surface area contributed by atoms with Gasteiger partial charge in [0.15, 0.2) is 0 Å². The van der Waals surface area contributed by atoms with Crippen molar-refractivity contribution in [3.05, 3.63) is 70.9 Å². The smallest absolute Gasteiger partial charge is 0.319 e. The normalized spacial score (nSPS) is 17.9. The maximum Gasteiger partial charge on any atom is 0.319 e. The van der Waals surface area contributed by atoms with Crippen LogP contribution in [0.3, 0.4) is 0 Å². The van der Waals surface area contributed by atoms with E-state index in [0.717, 1.165) is 35.5 Å². The maximum absolute atomic E-state index is 13.2. The minimum atomic E-state index is -0.470. The Balaban J connectivity index is 1.47. The first-order valence-corrected chi connectivity index (χ1v) is 10.5. The summed E-state index contributed by atoms with van der Waals surface area (Å²) in [6.07, 6.45) is 1.66. The van der Waals surface area contributed by atoms with Gasteiger partial charge in [0.25, 0.3) is 5.91 Å². The Morgan fingerprint density at radius 1 is 1.03 bits per heavy atom. The van der Waals surface area contributed by atoms with Gasteiger partial charge in [-0.25, -0.2) is 4.79 Å². The summed E-state index contributed by atoms with van der Waals surface area (Å²) in [7, 11) is 1.64. The maximum atomic E-state index is 13.2. The summed E-state index contributed by atoms with van der Waals surface area (Å²) in [5.41, 5.74) is 3.27. The van der Waals surface area contributed by atoms with Crippen LogP contribution in [0.1, 0.15) is 30.5 Å². The van der Waals surface area contributed by atoms with E-state index < -0.39 is 6.04 Å². The van der Waals surface area contributed by atoms with Gasteiger partial charge in [-0.3, -0.25) is 4.79 Å². The van der Waals surface area contributed by atoms with E-state index >= 15 is 0 Å². The standard InChI is InChI=1S/C24H27N3O4/c1-3-14-31-19-10-6-17(7-11-19)22-21-20(25-24(29)26-22)15-27(23(21)28)13-12-16-4-8-18(30-2)9-5-16/h4-11,22H,3,12-15H2,1-2H3,(H2,25,26,29). The highest BCUT2D eigenvalue weighted by atomic mass is 16.5. The van der Waals surface area contributed by atoms with Crippen LogP contribution < -0.4 is 20.1 Å². The van der Waals surface area contributed by atoms with Crippen molar-refractivity contribution in [2.75, 3.05) is 26.8 Å². The van der Waals surface area contributed by atoms with Crippen molar-refractivity contribution in [3.63, 3.8) is 0 Å². The zero-order valence-electron chi connectivity index (χ0n) is 17.8. The van der Waals surface area contributed by atoms with Crippen LogP contribution in [0.4, 0.5) is 4.79 Å². The van der Waals surface area contributed by atoms with Crippen molar-refractivity contribution < 1.29 is 19.1 Å². The van der Waals surface area contributed by atoms with Crippen LogP contribution in [0, 0.1) is 0 Å². The van der Waals surface area contributed by atoms with Crippen molar-refractivity contribution in [2.24, 2.45) is 0 Å². The summed E-state index contributed by atoms with van der Waals surface area (Å²) in [4.78, 5) is 27.2. The number of nitrogens with one attached hydrogen (secondary N) is 2. The van der Waals surface area contributed by atoms with Crippen LogP contribution in [0.2, 0.25) is 0 Å². The number of nitrogens with zero attached hydrogens (tertiary/aromatic N) is 1. The van der Waals surface area contributed by atoms with Gasteiger partial charge in [-0.05, 0) is 48.2 Å². The number of ether oxygens (including phenoxy) is 2. The Hall–Kier alpha value is -3.48. The topological polar surface area (TPSA) is 79.9 Å². The Labute approximate surface area is 182 Å². The van der Waals surface area contributed by atoms with Crippen molar-refractivity contribution in [1.82, 2.24) is 15.5 Å². The highest BCUT2D eigenvalue weighted by Crippen LogP contribution is 2.33. The first-order valence-electron chi connectivity index (χ1n) is 10.5. The highest BCUT2D eigenvalue weighted by Gasteiger charge is 2.40. The quantitative estimate of drug-likeness (QED) is 0.686. The number of amides is 3. The molecule has 0 aliphatic carbocycles. The van der Waals surface area contributed by atoms with Crippen molar-refractivity contribution in [1.29, 1.82) is 0 Å². The number of rotatable bonds is 8. The second-order valence-electron chi connectivity index (χ2n) is 7.67. The number of carbonyl (C=O) groups excluding carboxylic acids is 2. The third-order valence-corrected chi connectivity index (χ3v) is 5.54. The molecule has 162 valence electrons. The molecular formula is C24H27N3O4. The minimum Gasteiger partial charge on any atom is -0.497 e. The summed E-state index contributed by atoms with van der Waals surface area (Å²) < 4.78 is 10.8. The molecule has 2 N–H and O–H groups in total. The van der Waals surface area contributed by atoms with E-state index in [9.17, 15) is 9.59 Å². The highest BCUT2D eigenvalue weighted by molar-refractivity contribution is 6.01. The number of urea groups is 1. The summed E-state index contributed by atoms with van der Waals surface area (Å²) in [6.45, 7) is 3.69. The van der Waals surface area contributed by atoms with Crippen molar-refractivity contribution in [3.8, 4) is 11.5 Å². The van der Waals surface area contributed by atoms with Gasteiger partial charge < -0.3 is 25.0 Å².